The van der Waals surface area contributed by atoms with Crippen LogP contribution in [0.25, 0.3) is 5.52 Å². The van der Waals surface area contributed by atoms with Gasteiger partial charge in [-0.05, 0) is 58.2 Å². The predicted molar refractivity (Wildman–Crippen MR) is 88.4 cm³/mol. The average molecular weight is 299 g/mol. The van der Waals surface area contributed by atoms with Gasteiger partial charge in [0.15, 0.2) is 5.82 Å². The summed E-state index contributed by atoms with van der Waals surface area (Å²) in [6.45, 7) is 6.88. The number of fused-ring (bicyclic) bond motifs is 1. The van der Waals surface area contributed by atoms with E-state index >= 15 is 0 Å². The van der Waals surface area contributed by atoms with E-state index in [1.54, 1.807) is 0 Å². The van der Waals surface area contributed by atoms with Crippen molar-refractivity contribution in [2.45, 2.75) is 45.1 Å². The molecular weight excluding hydrogens is 274 g/mol. The fourth-order valence-electron chi connectivity index (χ4n) is 4.04. The molecule has 0 radical (unpaired) electrons. The van der Waals surface area contributed by atoms with E-state index in [9.17, 15) is 0 Å². The van der Waals surface area contributed by atoms with E-state index < -0.39 is 0 Å². The molecule has 22 heavy (non-hydrogen) atoms. The maximum atomic E-state index is 4.66. The van der Waals surface area contributed by atoms with Gasteiger partial charge in [-0.3, -0.25) is 0 Å². The van der Waals surface area contributed by atoms with Crippen LogP contribution in [0.2, 0.25) is 0 Å². The van der Waals surface area contributed by atoms with Gasteiger partial charge in [-0.1, -0.05) is 0 Å². The summed E-state index contributed by atoms with van der Waals surface area (Å²) in [6.07, 6.45) is 10.4. The van der Waals surface area contributed by atoms with E-state index in [2.05, 4.69) is 25.9 Å². The lowest BCUT2D eigenvalue weighted by Crippen LogP contribution is -2.34. The molecule has 0 saturated carbocycles. The molecule has 2 aliphatic heterocycles. The minimum Gasteiger partial charge on any atom is -0.355 e. The van der Waals surface area contributed by atoms with Crippen molar-refractivity contribution in [2.24, 2.45) is 0 Å². The van der Waals surface area contributed by atoms with Gasteiger partial charge in [0.25, 0.3) is 0 Å². The highest BCUT2D eigenvalue weighted by Crippen LogP contribution is 2.26. The standard InChI is InChI=1S/C17H25N5/c1-14-13-16-17(18-7-12-22(16)19-14)21-10-4-5-15(6-11-21)20-8-2-3-9-20/h7,12-13,15H,2-6,8-11H2,1H3. The molecule has 4 heterocycles. The first kappa shape index (κ1) is 14.0. The van der Waals surface area contributed by atoms with E-state index in [4.69, 9.17) is 0 Å². The second-order valence-electron chi connectivity index (χ2n) is 6.68. The van der Waals surface area contributed by atoms with E-state index in [0.29, 0.717) is 0 Å². The first-order valence-electron chi connectivity index (χ1n) is 8.61. The average Bonchev–Trinajstić information content (AvgIpc) is 3.10. The molecule has 0 N–H and O–H groups in total. The number of aryl methyl sites for hydroxylation is 1. The van der Waals surface area contributed by atoms with Crippen LogP contribution in [-0.2, 0) is 0 Å². The lowest BCUT2D eigenvalue weighted by molar-refractivity contribution is 0.225. The van der Waals surface area contributed by atoms with Gasteiger partial charge in [-0.2, -0.15) is 5.10 Å². The van der Waals surface area contributed by atoms with Crippen molar-refractivity contribution in [3.63, 3.8) is 0 Å². The molecule has 1 unspecified atom stereocenters. The zero-order chi connectivity index (χ0) is 14.9. The quantitative estimate of drug-likeness (QED) is 0.854. The van der Waals surface area contributed by atoms with Gasteiger partial charge in [-0.15, -0.1) is 0 Å². The Kier molecular flexibility index (Phi) is 3.74. The molecule has 0 spiro atoms. The highest BCUT2D eigenvalue weighted by molar-refractivity contribution is 5.69. The summed E-state index contributed by atoms with van der Waals surface area (Å²) in [5.74, 6) is 1.10. The zero-order valence-corrected chi connectivity index (χ0v) is 13.4. The number of aromatic nitrogens is 3. The molecule has 0 bridgehead atoms. The minimum atomic E-state index is 0.777. The van der Waals surface area contributed by atoms with Crippen LogP contribution in [0.5, 0.6) is 0 Å². The fourth-order valence-corrected chi connectivity index (χ4v) is 4.04. The molecule has 1 atom stereocenters. The Hall–Kier alpha value is -1.62. The molecule has 0 aliphatic carbocycles. The lowest BCUT2D eigenvalue weighted by atomic mass is 10.1. The van der Waals surface area contributed by atoms with Crippen molar-refractivity contribution in [2.75, 3.05) is 31.1 Å². The molecule has 2 aromatic heterocycles. The SMILES string of the molecule is Cc1cc2c(N3CCCC(N4CCCC4)CC3)nccn2n1. The Labute approximate surface area is 131 Å². The van der Waals surface area contributed by atoms with Gasteiger partial charge in [0.1, 0.15) is 5.52 Å². The zero-order valence-electron chi connectivity index (χ0n) is 13.4. The minimum absolute atomic E-state index is 0.777. The summed E-state index contributed by atoms with van der Waals surface area (Å²) in [7, 11) is 0. The van der Waals surface area contributed by atoms with Gasteiger partial charge in [-0.25, -0.2) is 9.50 Å². The number of hydrogen-bond acceptors (Lipinski definition) is 4. The number of rotatable bonds is 2. The van der Waals surface area contributed by atoms with Gasteiger partial charge in [0.05, 0.1) is 5.69 Å². The highest BCUT2D eigenvalue weighted by atomic mass is 15.3. The van der Waals surface area contributed by atoms with Crippen molar-refractivity contribution in [1.82, 2.24) is 19.5 Å². The predicted octanol–water partition coefficient (Wildman–Crippen LogP) is 2.49. The van der Waals surface area contributed by atoms with E-state index in [1.807, 2.05) is 23.8 Å². The molecule has 2 aliphatic rings. The molecule has 4 rings (SSSR count). The summed E-state index contributed by atoms with van der Waals surface area (Å²) >= 11 is 0. The second-order valence-corrected chi connectivity index (χ2v) is 6.68. The van der Waals surface area contributed by atoms with Gasteiger partial charge < -0.3 is 9.80 Å². The van der Waals surface area contributed by atoms with Crippen molar-refractivity contribution in [3.8, 4) is 0 Å². The Morgan fingerprint density at radius 1 is 1.05 bits per heavy atom. The van der Waals surface area contributed by atoms with E-state index in [-0.39, 0.29) is 0 Å². The molecule has 118 valence electrons. The molecule has 0 amide bonds. The van der Waals surface area contributed by atoms with Gasteiger partial charge in [0, 0.05) is 31.5 Å². The Balaban J connectivity index is 1.54. The summed E-state index contributed by atoms with van der Waals surface area (Å²) in [5, 5.41) is 4.51. The van der Waals surface area contributed by atoms with Crippen molar-refractivity contribution in [1.29, 1.82) is 0 Å². The van der Waals surface area contributed by atoms with Crippen LogP contribution >= 0.6 is 0 Å². The van der Waals surface area contributed by atoms with Crippen LogP contribution in [0.4, 0.5) is 5.82 Å². The fraction of sp³-hybridized carbons (Fsp3) is 0.647. The summed E-state index contributed by atoms with van der Waals surface area (Å²) in [6, 6.07) is 2.92. The summed E-state index contributed by atoms with van der Waals surface area (Å²) in [4.78, 5) is 9.83. The monoisotopic (exact) mass is 299 g/mol. The van der Waals surface area contributed by atoms with Crippen LogP contribution in [0.1, 0.15) is 37.8 Å². The first-order valence-corrected chi connectivity index (χ1v) is 8.61. The molecule has 5 heteroatoms. The second kappa shape index (κ2) is 5.88. The molecule has 2 fully saturated rings. The summed E-state index contributed by atoms with van der Waals surface area (Å²) in [5.41, 5.74) is 2.19. The van der Waals surface area contributed by atoms with Crippen LogP contribution in [0, 0.1) is 6.92 Å². The van der Waals surface area contributed by atoms with Crippen LogP contribution < -0.4 is 4.90 Å². The molecule has 5 nitrogen and oxygen atoms in total. The van der Waals surface area contributed by atoms with Crippen molar-refractivity contribution in [3.05, 3.63) is 24.2 Å². The number of likely N-dealkylation sites (tertiary alicyclic amines) is 1. The number of anilines is 1. The molecule has 2 aromatic rings. The van der Waals surface area contributed by atoms with Gasteiger partial charge >= 0.3 is 0 Å². The molecular formula is C17H25N5. The molecule has 2 saturated heterocycles. The first-order chi connectivity index (χ1) is 10.8. The van der Waals surface area contributed by atoms with Crippen LogP contribution in [0.15, 0.2) is 18.5 Å². The maximum absolute atomic E-state index is 4.66. The number of nitrogens with zero attached hydrogens (tertiary/aromatic N) is 5. The third-order valence-corrected chi connectivity index (χ3v) is 5.15. The van der Waals surface area contributed by atoms with Crippen molar-refractivity contribution < 1.29 is 0 Å². The van der Waals surface area contributed by atoms with Crippen LogP contribution in [0.3, 0.4) is 0 Å². The Morgan fingerprint density at radius 2 is 1.91 bits per heavy atom. The maximum Gasteiger partial charge on any atom is 0.154 e. The van der Waals surface area contributed by atoms with Gasteiger partial charge in [0.2, 0.25) is 0 Å². The number of hydrogen-bond donors (Lipinski definition) is 0. The smallest absolute Gasteiger partial charge is 0.154 e. The normalized spacial score (nSPS) is 24.0. The van der Waals surface area contributed by atoms with Crippen LogP contribution in [-0.4, -0.2) is 51.7 Å². The third-order valence-electron chi connectivity index (χ3n) is 5.15. The molecule has 0 aromatic carbocycles. The summed E-state index contributed by atoms with van der Waals surface area (Å²) < 4.78 is 1.96. The third kappa shape index (κ3) is 2.58. The highest BCUT2D eigenvalue weighted by Gasteiger charge is 2.25. The van der Waals surface area contributed by atoms with E-state index in [0.717, 1.165) is 36.2 Å². The van der Waals surface area contributed by atoms with Crippen molar-refractivity contribution >= 4 is 11.3 Å². The lowest BCUT2D eigenvalue weighted by Gasteiger charge is -2.26. The largest absolute Gasteiger partial charge is 0.355 e. The Bertz CT molecular complexity index is 644. The topological polar surface area (TPSA) is 36.7 Å². The van der Waals surface area contributed by atoms with E-state index in [1.165, 1.54) is 45.2 Å². The Morgan fingerprint density at radius 3 is 2.77 bits per heavy atom.